The van der Waals surface area contributed by atoms with Gasteiger partial charge in [-0.3, -0.25) is 9.09 Å². The fourth-order valence-corrected chi connectivity index (χ4v) is 4.03. The van der Waals surface area contributed by atoms with Gasteiger partial charge < -0.3 is 39.6 Å². The Kier molecular flexibility index (Phi) is 5.78. The number of hydrogen-bond acceptors (Lipinski definition) is 11. The summed E-state index contributed by atoms with van der Waals surface area (Å²) in [4.78, 5) is 34.9. The van der Waals surface area contributed by atoms with Gasteiger partial charge >= 0.3 is 7.82 Å². The number of aliphatic hydroxyl groups is 3. The van der Waals surface area contributed by atoms with E-state index in [4.69, 9.17) is 14.5 Å². The lowest BCUT2D eigenvalue weighted by molar-refractivity contribution is -0.161. The molecule has 0 saturated carbocycles. The Bertz CT molecular complexity index is 946. The van der Waals surface area contributed by atoms with Crippen LogP contribution in [0.1, 0.15) is 6.23 Å². The third-order valence-corrected chi connectivity index (χ3v) is 5.71. The van der Waals surface area contributed by atoms with Gasteiger partial charge in [-0.15, -0.1) is 0 Å². The molecule has 2 aromatic rings. The molecule has 0 spiro atoms. The maximum atomic E-state index is 11.0. The van der Waals surface area contributed by atoms with Crippen molar-refractivity contribution in [3.63, 3.8) is 0 Å². The van der Waals surface area contributed by atoms with Gasteiger partial charge in [0.25, 0.3) is 0 Å². The van der Waals surface area contributed by atoms with E-state index < -0.39 is 38.7 Å². The molecule has 2 aliphatic rings. The van der Waals surface area contributed by atoms with Crippen LogP contribution in [0.3, 0.4) is 0 Å². The van der Waals surface area contributed by atoms with Crippen molar-refractivity contribution in [2.45, 2.75) is 30.8 Å². The van der Waals surface area contributed by atoms with Crippen molar-refractivity contribution in [2.24, 2.45) is 0 Å². The fourth-order valence-electron chi connectivity index (χ4n) is 3.63. The van der Waals surface area contributed by atoms with Gasteiger partial charge in [0.1, 0.15) is 24.6 Å². The molecule has 0 aliphatic carbocycles. The van der Waals surface area contributed by atoms with Crippen LogP contribution in [-0.4, -0.2) is 107 Å². The topological polar surface area (TPSA) is 187 Å². The lowest BCUT2D eigenvalue weighted by Gasteiger charge is -2.33. The minimum Gasteiger partial charge on any atom is -0.387 e. The van der Waals surface area contributed by atoms with E-state index >= 15 is 0 Å². The van der Waals surface area contributed by atoms with Crippen molar-refractivity contribution in [1.82, 2.24) is 24.4 Å². The van der Waals surface area contributed by atoms with Crippen LogP contribution < -0.4 is 4.90 Å². The largest absolute Gasteiger partial charge is 0.472 e. The first-order chi connectivity index (χ1) is 14.2. The zero-order valence-corrected chi connectivity index (χ0v) is 16.9. The smallest absolute Gasteiger partial charge is 0.387 e. The molecule has 14 nitrogen and oxygen atoms in total. The maximum Gasteiger partial charge on any atom is 0.472 e. The summed E-state index contributed by atoms with van der Waals surface area (Å²) in [5.41, 5.74) is 0.809. The lowest BCUT2D eigenvalue weighted by Crippen LogP contribution is -2.44. The SMILES string of the molecule is CN1CCN(c2ncnc3c2ncn3[C@@H]2O[C@H](C(O)OP(=O)(O)O)[C@@H](O)[C@H]2O)CC1. The number of rotatable bonds is 5. The zero-order chi connectivity index (χ0) is 21.6. The number of phosphoric acid groups is 1. The number of fused-ring (bicyclic) bond motifs is 1. The summed E-state index contributed by atoms with van der Waals surface area (Å²) < 4.78 is 22.0. The van der Waals surface area contributed by atoms with E-state index in [-0.39, 0.29) is 0 Å². The minimum absolute atomic E-state index is 0.334. The standard InChI is InChI=1S/C15H23N6O8P/c1-19-2-4-20(5-3-19)12-8-13(17-6-16-12)21(7-18-8)14-10(23)9(22)11(28-14)15(24)29-30(25,26)27/h6-7,9-11,14-15,22-24H,2-5H2,1H3,(H2,25,26,27)/t9-,10+,11-,14+,15?/m0/s1. The van der Waals surface area contributed by atoms with E-state index in [0.29, 0.717) is 17.0 Å². The van der Waals surface area contributed by atoms with Crippen molar-refractivity contribution >= 4 is 24.8 Å². The number of aliphatic hydroxyl groups excluding tert-OH is 3. The number of aromatic nitrogens is 4. The third kappa shape index (κ3) is 4.06. The number of phosphoric ester groups is 1. The Morgan fingerprint density at radius 2 is 1.87 bits per heavy atom. The average Bonchev–Trinajstić information content (AvgIpc) is 3.23. The highest BCUT2D eigenvalue weighted by Gasteiger charge is 2.49. The van der Waals surface area contributed by atoms with Crippen LogP contribution >= 0.6 is 7.82 Å². The van der Waals surface area contributed by atoms with Crippen LogP contribution in [0, 0.1) is 0 Å². The minimum atomic E-state index is -5.04. The van der Waals surface area contributed by atoms with Crippen molar-refractivity contribution in [2.75, 3.05) is 38.1 Å². The molecule has 0 aromatic carbocycles. The summed E-state index contributed by atoms with van der Waals surface area (Å²) in [6.45, 7) is 3.24. The molecule has 2 fully saturated rings. The molecule has 1 unspecified atom stereocenters. The molecule has 0 radical (unpaired) electrons. The molecule has 5 N–H and O–H groups in total. The van der Waals surface area contributed by atoms with Gasteiger partial charge in [0.05, 0.1) is 6.33 Å². The highest BCUT2D eigenvalue weighted by molar-refractivity contribution is 7.46. The average molecular weight is 446 g/mol. The number of anilines is 1. The molecule has 0 amide bonds. The van der Waals surface area contributed by atoms with Crippen molar-refractivity contribution < 1.29 is 38.9 Å². The molecular weight excluding hydrogens is 423 g/mol. The van der Waals surface area contributed by atoms with Crippen molar-refractivity contribution in [3.8, 4) is 0 Å². The van der Waals surface area contributed by atoms with E-state index in [0.717, 1.165) is 26.2 Å². The Morgan fingerprint density at radius 1 is 1.17 bits per heavy atom. The van der Waals surface area contributed by atoms with Crippen LogP contribution in [0.5, 0.6) is 0 Å². The Hall–Kier alpha value is -1.74. The second kappa shape index (κ2) is 8.07. The lowest BCUT2D eigenvalue weighted by atomic mass is 10.1. The van der Waals surface area contributed by atoms with E-state index in [9.17, 15) is 19.9 Å². The fraction of sp³-hybridized carbons (Fsp3) is 0.667. The first-order valence-corrected chi connectivity index (χ1v) is 10.7. The Morgan fingerprint density at radius 3 is 2.53 bits per heavy atom. The second-order valence-corrected chi connectivity index (χ2v) is 8.46. The second-order valence-electron chi connectivity index (χ2n) is 7.27. The van der Waals surface area contributed by atoms with Gasteiger partial charge in [-0.05, 0) is 7.05 Å². The van der Waals surface area contributed by atoms with Gasteiger partial charge in [-0.2, -0.15) is 0 Å². The molecule has 2 aromatic heterocycles. The van der Waals surface area contributed by atoms with Crippen LogP contribution in [0.2, 0.25) is 0 Å². The summed E-state index contributed by atoms with van der Waals surface area (Å²) in [6.07, 6.45) is -5.48. The number of imidazole rings is 1. The van der Waals surface area contributed by atoms with Crippen LogP contribution in [0.25, 0.3) is 11.2 Å². The maximum absolute atomic E-state index is 11.0. The first-order valence-electron chi connectivity index (χ1n) is 9.20. The summed E-state index contributed by atoms with van der Waals surface area (Å²) in [5, 5.41) is 30.5. The van der Waals surface area contributed by atoms with E-state index in [2.05, 4.69) is 29.3 Å². The van der Waals surface area contributed by atoms with Crippen LogP contribution in [0.4, 0.5) is 5.82 Å². The van der Waals surface area contributed by atoms with Gasteiger partial charge in [0, 0.05) is 26.2 Å². The number of piperazine rings is 1. The Labute approximate surface area is 170 Å². The normalized spacial score (nSPS) is 29.6. The number of likely N-dealkylation sites (N-methyl/N-ethyl adjacent to an activating group) is 1. The molecular formula is C15H23N6O8P. The number of nitrogens with zero attached hydrogens (tertiary/aromatic N) is 6. The molecule has 0 bridgehead atoms. The predicted octanol–water partition coefficient (Wildman–Crippen LogP) is -2.37. The first kappa shape index (κ1) is 21.5. The van der Waals surface area contributed by atoms with E-state index in [1.54, 1.807) is 0 Å². The quantitative estimate of drug-likeness (QED) is 0.242. The van der Waals surface area contributed by atoms with Gasteiger partial charge in [-0.25, -0.2) is 19.5 Å². The summed E-state index contributed by atoms with van der Waals surface area (Å²) >= 11 is 0. The molecule has 30 heavy (non-hydrogen) atoms. The van der Waals surface area contributed by atoms with Crippen molar-refractivity contribution in [1.29, 1.82) is 0 Å². The van der Waals surface area contributed by atoms with Gasteiger partial charge in [0.15, 0.2) is 29.5 Å². The zero-order valence-electron chi connectivity index (χ0n) is 16.0. The van der Waals surface area contributed by atoms with Crippen LogP contribution in [-0.2, 0) is 13.8 Å². The Balaban J connectivity index is 1.61. The van der Waals surface area contributed by atoms with Gasteiger partial charge in [-0.1, -0.05) is 0 Å². The molecule has 15 heteroatoms. The highest BCUT2D eigenvalue weighted by Crippen LogP contribution is 2.41. The number of hydrogen-bond donors (Lipinski definition) is 5. The summed E-state index contributed by atoms with van der Waals surface area (Å²) in [6, 6.07) is 0. The molecule has 2 saturated heterocycles. The van der Waals surface area contributed by atoms with Crippen molar-refractivity contribution in [3.05, 3.63) is 12.7 Å². The monoisotopic (exact) mass is 446 g/mol. The molecule has 2 aliphatic heterocycles. The number of ether oxygens (including phenoxy) is 1. The van der Waals surface area contributed by atoms with E-state index in [1.807, 2.05) is 7.05 Å². The van der Waals surface area contributed by atoms with Crippen LogP contribution in [0.15, 0.2) is 12.7 Å². The summed E-state index contributed by atoms with van der Waals surface area (Å²) in [7, 11) is -3.00. The highest BCUT2D eigenvalue weighted by atomic mass is 31.2. The third-order valence-electron chi connectivity index (χ3n) is 5.22. The van der Waals surface area contributed by atoms with E-state index in [1.165, 1.54) is 17.2 Å². The molecule has 4 rings (SSSR count). The molecule has 4 heterocycles. The predicted molar refractivity (Wildman–Crippen MR) is 100 cm³/mol. The summed E-state index contributed by atoms with van der Waals surface area (Å²) in [5.74, 6) is 0.626. The molecule has 5 atom stereocenters. The molecule has 166 valence electrons. The van der Waals surface area contributed by atoms with Gasteiger partial charge in [0.2, 0.25) is 0 Å².